The number of carbonyl (C=O) groups excluding carboxylic acids is 2. The summed E-state index contributed by atoms with van der Waals surface area (Å²) in [6.45, 7) is 5.33. The molecule has 0 saturated carbocycles. The summed E-state index contributed by atoms with van der Waals surface area (Å²) < 4.78 is 12.3. The number of methoxy groups -OCH3 is 1. The first kappa shape index (κ1) is 23.6. The Bertz CT molecular complexity index is 1130. The van der Waals surface area contributed by atoms with Crippen LogP contribution < -0.4 is 10.1 Å². The van der Waals surface area contributed by atoms with Crippen LogP contribution in [0.2, 0.25) is 5.02 Å². The van der Waals surface area contributed by atoms with Crippen molar-refractivity contribution in [2.24, 2.45) is 0 Å². The average molecular weight is 475 g/mol. The molecule has 168 valence electrons. The van der Waals surface area contributed by atoms with Crippen LogP contribution in [0.15, 0.2) is 47.9 Å². The summed E-state index contributed by atoms with van der Waals surface area (Å²) in [5.74, 6) is -0.521. The molecule has 3 aromatic rings. The molecule has 1 heterocycles. The van der Waals surface area contributed by atoms with E-state index >= 15 is 0 Å². The Morgan fingerprint density at radius 2 is 2.00 bits per heavy atom. The molecule has 2 aromatic carbocycles. The molecule has 0 radical (unpaired) electrons. The lowest BCUT2D eigenvalue weighted by Crippen LogP contribution is -2.30. The highest BCUT2D eigenvalue weighted by molar-refractivity contribution is 7.99. The molecule has 1 amide bonds. The third kappa shape index (κ3) is 5.80. The zero-order chi connectivity index (χ0) is 23.3. The number of nitrogens with one attached hydrogen (secondary N) is 1. The van der Waals surface area contributed by atoms with E-state index < -0.39 is 18.0 Å². The maximum atomic E-state index is 12.5. The molecule has 0 fully saturated rings. The van der Waals surface area contributed by atoms with Gasteiger partial charge in [-0.25, -0.2) is 0 Å². The minimum Gasteiger partial charge on any atom is -0.495 e. The van der Waals surface area contributed by atoms with Crippen molar-refractivity contribution in [3.8, 4) is 11.4 Å². The van der Waals surface area contributed by atoms with Crippen LogP contribution in [0, 0.1) is 13.8 Å². The monoisotopic (exact) mass is 474 g/mol. The third-order valence-electron chi connectivity index (χ3n) is 4.56. The summed E-state index contributed by atoms with van der Waals surface area (Å²) in [6, 6.07) is 11.0. The largest absolute Gasteiger partial charge is 0.495 e. The van der Waals surface area contributed by atoms with Crippen LogP contribution in [-0.4, -0.2) is 45.6 Å². The summed E-state index contributed by atoms with van der Waals surface area (Å²) in [4.78, 5) is 24.8. The van der Waals surface area contributed by atoms with Crippen molar-refractivity contribution in [3.63, 3.8) is 0 Å². The fraction of sp³-hybridized carbons (Fsp3) is 0.273. The number of aromatic nitrogens is 3. The summed E-state index contributed by atoms with van der Waals surface area (Å²) in [5.41, 5.74) is 3.21. The smallest absolute Gasteiger partial charge is 0.317 e. The van der Waals surface area contributed by atoms with Gasteiger partial charge < -0.3 is 14.8 Å². The summed E-state index contributed by atoms with van der Waals surface area (Å²) in [5, 5.41) is 11.8. The van der Waals surface area contributed by atoms with Crippen LogP contribution in [0.5, 0.6) is 5.75 Å². The number of halogens is 1. The number of ether oxygens (including phenoxy) is 2. The van der Waals surface area contributed by atoms with E-state index in [1.165, 1.54) is 14.0 Å². The molecule has 0 aliphatic heterocycles. The molecule has 10 heteroatoms. The van der Waals surface area contributed by atoms with Crippen LogP contribution in [0.3, 0.4) is 0 Å². The van der Waals surface area contributed by atoms with Gasteiger partial charge in [-0.2, -0.15) is 0 Å². The Labute approximate surface area is 195 Å². The topological polar surface area (TPSA) is 95.3 Å². The van der Waals surface area contributed by atoms with Crippen molar-refractivity contribution >= 4 is 40.9 Å². The highest BCUT2D eigenvalue weighted by Gasteiger charge is 2.20. The van der Waals surface area contributed by atoms with Crippen molar-refractivity contribution in [2.75, 3.05) is 18.2 Å². The maximum absolute atomic E-state index is 12.5. The fourth-order valence-corrected chi connectivity index (χ4v) is 3.68. The standard InChI is InChI=1S/C22H23ClN4O4S/c1-13-5-8-19(30-4)18(9-13)25-21(29)15(3)31-20(28)11-32-22-26-24-12-27(22)16-7-6-14(2)17(23)10-16/h5-10,12,15H,11H2,1-4H3,(H,25,29). The Morgan fingerprint density at radius 1 is 1.22 bits per heavy atom. The zero-order valence-corrected chi connectivity index (χ0v) is 19.7. The van der Waals surface area contributed by atoms with Gasteiger partial charge in [0.05, 0.1) is 24.2 Å². The molecule has 32 heavy (non-hydrogen) atoms. The second-order valence-corrected chi connectivity index (χ2v) is 8.38. The maximum Gasteiger partial charge on any atom is 0.317 e. The number of thioether (sulfide) groups is 1. The molecule has 1 atom stereocenters. The van der Waals surface area contributed by atoms with Gasteiger partial charge in [0.15, 0.2) is 11.3 Å². The van der Waals surface area contributed by atoms with Crippen LogP contribution in [0.25, 0.3) is 5.69 Å². The lowest BCUT2D eigenvalue weighted by molar-refractivity contribution is -0.150. The number of carbonyl (C=O) groups is 2. The van der Waals surface area contributed by atoms with E-state index in [1.54, 1.807) is 29.1 Å². The number of esters is 1. The van der Waals surface area contributed by atoms with Gasteiger partial charge in [0, 0.05) is 5.02 Å². The van der Waals surface area contributed by atoms with E-state index in [4.69, 9.17) is 21.1 Å². The van der Waals surface area contributed by atoms with Crippen LogP contribution in [-0.2, 0) is 14.3 Å². The van der Waals surface area contributed by atoms with Crippen molar-refractivity contribution < 1.29 is 19.1 Å². The Hall–Kier alpha value is -3.04. The molecule has 0 aliphatic carbocycles. The minimum atomic E-state index is -0.984. The Balaban J connectivity index is 1.57. The van der Waals surface area contributed by atoms with Gasteiger partial charge in [-0.15, -0.1) is 10.2 Å². The first-order chi connectivity index (χ1) is 15.3. The van der Waals surface area contributed by atoms with Gasteiger partial charge in [-0.05, 0) is 56.2 Å². The number of rotatable bonds is 8. The molecule has 1 N–H and O–H groups in total. The van der Waals surface area contributed by atoms with E-state index in [0.717, 1.165) is 28.6 Å². The Morgan fingerprint density at radius 3 is 2.72 bits per heavy atom. The predicted molar refractivity (Wildman–Crippen MR) is 124 cm³/mol. The molecule has 8 nitrogen and oxygen atoms in total. The second-order valence-electron chi connectivity index (χ2n) is 7.03. The van der Waals surface area contributed by atoms with Gasteiger partial charge in [0.25, 0.3) is 5.91 Å². The van der Waals surface area contributed by atoms with Gasteiger partial charge >= 0.3 is 5.97 Å². The molecular weight excluding hydrogens is 452 g/mol. The van der Waals surface area contributed by atoms with Crippen molar-refractivity contribution in [1.82, 2.24) is 14.8 Å². The van der Waals surface area contributed by atoms with E-state index in [2.05, 4.69) is 15.5 Å². The summed E-state index contributed by atoms with van der Waals surface area (Å²) in [7, 11) is 1.52. The van der Waals surface area contributed by atoms with Gasteiger partial charge in [-0.3, -0.25) is 14.2 Å². The minimum absolute atomic E-state index is 0.0380. The molecule has 0 aliphatic rings. The molecule has 1 aromatic heterocycles. The van der Waals surface area contributed by atoms with E-state index in [1.807, 2.05) is 32.0 Å². The molecule has 0 bridgehead atoms. The normalized spacial score (nSPS) is 11.7. The van der Waals surface area contributed by atoms with Gasteiger partial charge in [0.1, 0.15) is 12.1 Å². The van der Waals surface area contributed by atoms with Crippen LogP contribution >= 0.6 is 23.4 Å². The number of nitrogens with zero attached hydrogens (tertiary/aromatic N) is 3. The van der Waals surface area contributed by atoms with Gasteiger partial charge in [0.2, 0.25) is 0 Å². The van der Waals surface area contributed by atoms with Crippen molar-refractivity contribution in [2.45, 2.75) is 32.0 Å². The predicted octanol–water partition coefficient (Wildman–Crippen LogP) is 4.21. The number of benzene rings is 2. The molecule has 0 spiro atoms. The first-order valence-electron chi connectivity index (χ1n) is 9.73. The Kier molecular flexibility index (Phi) is 7.76. The number of amides is 1. The van der Waals surface area contributed by atoms with E-state index in [9.17, 15) is 9.59 Å². The van der Waals surface area contributed by atoms with E-state index in [-0.39, 0.29) is 5.75 Å². The fourth-order valence-electron chi connectivity index (χ4n) is 2.79. The number of hydrogen-bond acceptors (Lipinski definition) is 7. The highest BCUT2D eigenvalue weighted by atomic mass is 35.5. The number of aryl methyl sites for hydroxylation is 2. The lowest BCUT2D eigenvalue weighted by atomic mass is 10.2. The lowest BCUT2D eigenvalue weighted by Gasteiger charge is -2.15. The average Bonchev–Trinajstić information content (AvgIpc) is 3.23. The quantitative estimate of drug-likeness (QED) is 0.386. The third-order valence-corrected chi connectivity index (χ3v) is 5.88. The van der Waals surface area contributed by atoms with Gasteiger partial charge in [-0.1, -0.05) is 35.5 Å². The van der Waals surface area contributed by atoms with Crippen LogP contribution in [0.1, 0.15) is 18.1 Å². The summed E-state index contributed by atoms with van der Waals surface area (Å²) >= 11 is 7.35. The molecule has 0 saturated heterocycles. The first-order valence-corrected chi connectivity index (χ1v) is 11.1. The van der Waals surface area contributed by atoms with Crippen LogP contribution in [0.4, 0.5) is 5.69 Å². The van der Waals surface area contributed by atoms with Crippen molar-refractivity contribution in [3.05, 3.63) is 58.9 Å². The molecular formula is C22H23ClN4O4S. The SMILES string of the molecule is COc1ccc(C)cc1NC(=O)C(C)OC(=O)CSc1nncn1-c1ccc(C)c(Cl)c1. The zero-order valence-electron chi connectivity index (χ0n) is 18.1. The molecule has 3 rings (SSSR count). The van der Waals surface area contributed by atoms with Crippen molar-refractivity contribution in [1.29, 1.82) is 0 Å². The second kappa shape index (κ2) is 10.5. The molecule has 1 unspecified atom stereocenters. The summed E-state index contributed by atoms with van der Waals surface area (Å²) in [6.07, 6.45) is 0.557. The highest BCUT2D eigenvalue weighted by Crippen LogP contribution is 2.26. The number of anilines is 1. The number of hydrogen-bond donors (Lipinski definition) is 1. The van der Waals surface area contributed by atoms with E-state index in [0.29, 0.717) is 21.6 Å².